The molecule has 15 nitrogen and oxygen atoms in total. The summed E-state index contributed by atoms with van der Waals surface area (Å²) in [4.78, 5) is 79.4. The van der Waals surface area contributed by atoms with Gasteiger partial charge in [-0.2, -0.15) is 0 Å². The number of imidazole rings is 1. The summed E-state index contributed by atoms with van der Waals surface area (Å²) in [5, 5.41) is 25.7. The molecule has 2 rings (SSSR count). The van der Waals surface area contributed by atoms with Crippen LogP contribution in [0.3, 0.4) is 0 Å². The van der Waals surface area contributed by atoms with Gasteiger partial charge in [0, 0.05) is 37.6 Å². The van der Waals surface area contributed by atoms with Crippen LogP contribution in [-0.4, -0.2) is 79.9 Å². The highest BCUT2D eigenvalue weighted by Gasteiger charge is 2.31. The molecule has 0 aliphatic heterocycles. The third-order valence-corrected chi connectivity index (χ3v) is 5.83. The Hall–Kier alpha value is -4.79. The second kappa shape index (κ2) is 15.6. The number of carbonyl (C=O) groups is 6. The number of H-pyrrole nitrogens is 1. The minimum atomic E-state index is -1.52. The highest BCUT2D eigenvalue weighted by molar-refractivity contribution is 5.94. The smallest absolute Gasteiger partial charge is 0.326 e. The first-order valence-electron chi connectivity index (χ1n) is 12.4. The zero-order valence-corrected chi connectivity index (χ0v) is 21.5. The van der Waals surface area contributed by atoms with E-state index in [2.05, 4.69) is 25.9 Å². The summed E-state index contributed by atoms with van der Waals surface area (Å²) in [6.07, 6.45) is 1.61. The molecule has 0 radical (unpaired) electrons. The van der Waals surface area contributed by atoms with Gasteiger partial charge in [0.1, 0.15) is 18.1 Å². The molecular formula is C25H33N7O8. The Morgan fingerprint density at radius 1 is 0.825 bits per heavy atom. The van der Waals surface area contributed by atoms with Gasteiger partial charge in [-0.25, -0.2) is 9.78 Å². The average molecular weight is 560 g/mol. The molecular weight excluding hydrogens is 526 g/mol. The zero-order chi connectivity index (χ0) is 29.7. The Kier molecular flexibility index (Phi) is 12.2. The van der Waals surface area contributed by atoms with Crippen LogP contribution in [0.15, 0.2) is 42.9 Å². The van der Waals surface area contributed by atoms with E-state index in [1.165, 1.54) is 12.5 Å². The summed E-state index contributed by atoms with van der Waals surface area (Å²) in [5.74, 6) is -5.69. The van der Waals surface area contributed by atoms with Crippen LogP contribution in [0.1, 0.15) is 36.9 Å². The molecule has 40 heavy (non-hydrogen) atoms. The number of aromatic nitrogens is 2. The Morgan fingerprint density at radius 2 is 1.43 bits per heavy atom. The van der Waals surface area contributed by atoms with Gasteiger partial charge in [-0.15, -0.1) is 0 Å². The molecule has 10 N–H and O–H groups in total. The summed E-state index contributed by atoms with van der Waals surface area (Å²) < 4.78 is 0. The molecule has 2 aromatic rings. The quantitative estimate of drug-likeness (QED) is 0.108. The average Bonchev–Trinajstić information content (AvgIpc) is 3.42. The summed E-state index contributed by atoms with van der Waals surface area (Å²) in [7, 11) is 0. The minimum Gasteiger partial charge on any atom is -0.481 e. The molecule has 4 atom stereocenters. The molecule has 0 bridgehead atoms. The lowest BCUT2D eigenvalue weighted by atomic mass is 10.0. The minimum absolute atomic E-state index is 0.0235. The van der Waals surface area contributed by atoms with Crippen LogP contribution in [0, 0.1) is 0 Å². The van der Waals surface area contributed by atoms with Gasteiger partial charge in [-0.3, -0.25) is 24.0 Å². The maximum absolute atomic E-state index is 13.4. The van der Waals surface area contributed by atoms with Gasteiger partial charge in [0.2, 0.25) is 23.6 Å². The van der Waals surface area contributed by atoms with Crippen molar-refractivity contribution in [1.82, 2.24) is 25.9 Å². The van der Waals surface area contributed by atoms with Crippen molar-refractivity contribution in [3.8, 4) is 0 Å². The first-order valence-corrected chi connectivity index (χ1v) is 12.4. The van der Waals surface area contributed by atoms with Gasteiger partial charge in [-0.05, 0) is 18.4 Å². The number of carboxylic acids is 2. The number of nitrogens with zero attached hydrogens (tertiary/aromatic N) is 1. The first-order chi connectivity index (χ1) is 19.0. The maximum atomic E-state index is 13.4. The third-order valence-electron chi connectivity index (χ3n) is 5.83. The fraction of sp³-hybridized carbons (Fsp3) is 0.400. The molecule has 1 heterocycles. The van der Waals surface area contributed by atoms with E-state index in [0.29, 0.717) is 11.3 Å². The van der Waals surface area contributed by atoms with E-state index in [4.69, 9.17) is 16.6 Å². The summed E-state index contributed by atoms with van der Waals surface area (Å²) in [6, 6.07) is 3.53. The lowest BCUT2D eigenvalue weighted by Crippen LogP contribution is -2.58. The first kappa shape index (κ1) is 31.4. The van der Waals surface area contributed by atoms with Crippen LogP contribution in [0.5, 0.6) is 0 Å². The topological polar surface area (TPSA) is 260 Å². The second-order valence-corrected chi connectivity index (χ2v) is 9.04. The molecule has 1 aromatic heterocycles. The van der Waals surface area contributed by atoms with Crippen molar-refractivity contribution >= 4 is 35.6 Å². The predicted octanol–water partition coefficient (Wildman–Crippen LogP) is -1.81. The van der Waals surface area contributed by atoms with E-state index in [1.807, 2.05) is 0 Å². The Morgan fingerprint density at radius 3 is 1.98 bits per heavy atom. The maximum Gasteiger partial charge on any atom is 0.326 e. The number of rotatable bonds is 17. The van der Waals surface area contributed by atoms with Crippen LogP contribution in [0.2, 0.25) is 0 Å². The fourth-order valence-electron chi connectivity index (χ4n) is 3.66. The van der Waals surface area contributed by atoms with E-state index < -0.39 is 66.2 Å². The van der Waals surface area contributed by atoms with E-state index >= 15 is 0 Å². The lowest BCUT2D eigenvalue weighted by molar-refractivity contribution is -0.143. The van der Waals surface area contributed by atoms with Gasteiger partial charge in [-0.1, -0.05) is 30.3 Å². The molecule has 0 saturated carbocycles. The number of aliphatic carboxylic acids is 2. The van der Waals surface area contributed by atoms with Crippen LogP contribution < -0.4 is 27.4 Å². The summed E-state index contributed by atoms with van der Waals surface area (Å²) in [6.45, 7) is 0. The van der Waals surface area contributed by atoms with Crippen LogP contribution in [0.25, 0.3) is 0 Å². The predicted molar refractivity (Wildman–Crippen MR) is 139 cm³/mol. The molecule has 4 unspecified atom stereocenters. The Labute approximate surface area is 229 Å². The van der Waals surface area contributed by atoms with Crippen molar-refractivity contribution in [3.63, 3.8) is 0 Å². The number of primary amides is 1. The fourth-order valence-corrected chi connectivity index (χ4v) is 3.66. The summed E-state index contributed by atoms with van der Waals surface area (Å²) >= 11 is 0. The number of hydrogen-bond donors (Lipinski definition) is 8. The molecule has 4 amide bonds. The number of benzene rings is 1. The number of aromatic amines is 1. The molecule has 0 aliphatic carbocycles. The van der Waals surface area contributed by atoms with Crippen molar-refractivity contribution in [1.29, 1.82) is 0 Å². The van der Waals surface area contributed by atoms with Crippen molar-refractivity contribution in [2.75, 3.05) is 0 Å². The van der Waals surface area contributed by atoms with Crippen molar-refractivity contribution in [3.05, 3.63) is 54.1 Å². The normalized spacial score (nSPS) is 13.7. The van der Waals surface area contributed by atoms with Crippen molar-refractivity contribution in [2.24, 2.45) is 11.5 Å². The molecule has 0 aliphatic rings. The van der Waals surface area contributed by atoms with Crippen LogP contribution >= 0.6 is 0 Å². The van der Waals surface area contributed by atoms with Gasteiger partial charge in [0.15, 0.2) is 0 Å². The summed E-state index contributed by atoms with van der Waals surface area (Å²) in [5.41, 5.74) is 12.1. The standard InChI is InChI=1S/C25H33N7O8/c26-16(6-8-20(27)33)22(36)31-18(10-14-4-2-1-3-5-14)23(37)32-19(11-15-12-28-13-29-15)24(38)30-17(25(39)40)7-9-21(34)35/h1-5,12-13,16-19H,6-11,26H2,(H2,27,33)(H,28,29)(H,30,38)(H,31,36)(H,32,37)(H,34,35)(H,39,40). The Bertz CT molecular complexity index is 1170. The van der Waals surface area contributed by atoms with Crippen molar-refractivity contribution < 1.29 is 39.0 Å². The number of nitrogens with one attached hydrogen (secondary N) is 4. The third kappa shape index (κ3) is 10.9. The van der Waals surface area contributed by atoms with Gasteiger partial charge in [0.05, 0.1) is 12.4 Å². The van der Waals surface area contributed by atoms with E-state index in [0.717, 1.165) is 0 Å². The molecule has 0 fully saturated rings. The SMILES string of the molecule is NC(=O)CCC(N)C(=O)NC(Cc1ccccc1)C(=O)NC(Cc1cnc[nH]1)C(=O)NC(CCC(=O)O)C(=O)O. The van der Waals surface area contributed by atoms with Crippen LogP contribution in [0.4, 0.5) is 0 Å². The molecule has 0 saturated heterocycles. The van der Waals surface area contributed by atoms with Gasteiger partial charge in [0.25, 0.3) is 0 Å². The molecule has 0 spiro atoms. The number of carboxylic acid groups (broad SMARTS) is 2. The number of nitrogens with two attached hydrogens (primary N) is 2. The van der Waals surface area contributed by atoms with Crippen molar-refractivity contribution in [2.45, 2.75) is 62.7 Å². The lowest BCUT2D eigenvalue weighted by Gasteiger charge is -2.25. The van der Waals surface area contributed by atoms with E-state index in [-0.39, 0.29) is 32.1 Å². The number of hydrogen-bond acceptors (Lipinski definition) is 8. The highest BCUT2D eigenvalue weighted by atomic mass is 16.4. The molecule has 15 heteroatoms. The Balaban J connectivity index is 2.25. The van der Waals surface area contributed by atoms with E-state index in [1.54, 1.807) is 30.3 Å². The zero-order valence-electron chi connectivity index (χ0n) is 21.5. The van der Waals surface area contributed by atoms with Crippen LogP contribution in [-0.2, 0) is 41.6 Å². The number of carbonyl (C=O) groups excluding carboxylic acids is 4. The molecule has 216 valence electrons. The van der Waals surface area contributed by atoms with Gasteiger partial charge >= 0.3 is 11.9 Å². The molecule has 1 aromatic carbocycles. The van der Waals surface area contributed by atoms with E-state index in [9.17, 15) is 33.9 Å². The largest absolute Gasteiger partial charge is 0.481 e. The monoisotopic (exact) mass is 559 g/mol. The highest BCUT2D eigenvalue weighted by Crippen LogP contribution is 2.08. The number of amides is 4. The second-order valence-electron chi connectivity index (χ2n) is 9.04. The van der Waals surface area contributed by atoms with Gasteiger partial charge < -0.3 is 42.6 Å².